The minimum Gasteiger partial charge on any atom is -0.507 e. The molecular weight excluding hydrogens is 220 g/mol. The van der Waals surface area contributed by atoms with Gasteiger partial charge in [0.05, 0.1) is 6.54 Å². The maximum absolute atomic E-state index is 10.8. The quantitative estimate of drug-likeness (QED) is 0.607. The minimum absolute atomic E-state index is 0.110. The van der Waals surface area contributed by atoms with E-state index in [1.165, 1.54) is 12.1 Å². The minimum atomic E-state index is -1.15. The summed E-state index contributed by atoms with van der Waals surface area (Å²) in [6.07, 6.45) is 1.82. The van der Waals surface area contributed by atoms with Gasteiger partial charge in [-0.1, -0.05) is 0 Å². The number of nitrogens with one attached hydrogen (secondary N) is 2. The van der Waals surface area contributed by atoms with Crippen molar-refractivity contribution in [2.75, 3.05) is 5.32 Å². The van der Waals surface area contributed by atoms with Gasteiger partial charge in [-0.2, -0.15) is 0 Å². The van der Waals surface area contributed by atoms with E-state index in [9.17, 15) is 9.90 Å². The predicted octanol–water partition coefficient (Wildman–Crippen LogP) is 2.03. The van der Waals surface area contributed by atoms with E-state index in [-0.39, 0.29) is 11.3 Å². The Hall–Kier alpha value is -2.43. The molecule has 0 aliphatic carbocycles. The van der Waals surface area contributed by atoms with Gasteiger partial charge in [-0.15, -0.1) is 0 Å². The first-order valence-electron chi connectivity index (χ1n) is 5.09. The van der Waals surface area contributed by atoms with Crippen molar-refractivity contribution in [2.45, 2.75) is 6.54 Å². The lowest BCUT2D eigenvalue weighted by Crippen LogP contribution is -2.02. The number of phenols is 1. The number of anilines is 1. The van der Waals surface area contributed by atoms with Crippen LogP contribution in [0.2, 0.25) is 0 Å². The Morgan fingerprint density at radius 3 is 2.82 bits per heavy atom. The Kier molecular flexibility index (Phi) is 3.00. The number of aromatic carboxylic acids is 1. The van der Waals surface area contributed by atoms with Gasteiger partial charge >= 0.3 is 5.97 Å². The first-order chi connectivity index (χ1) is 8.16. The number of hydrogen-bond acceptors (Lipinski definition) is 3. The van der Waals surface area contributed by atoms with Crippen molar-refractivity contribution >= 4 is 11.7 Å². The summed E-state index contributed by atoms with van der Waals surface area (Å²) in [6.45, 7) is 0.566. The van der Waals surface area contributed by atoms with Crippen molar-refractivity contribution < 1.29 is 15.0 Å². The molecule has 5 heteroatoms. The Labute approximate surface area is 97.7 Å². The molecule has 0 bridgehead atoms. The highest BCUT2D eigenvalue weighted by Gasteiger charge is 2.09. The molecule has 0 aliphatic rings. The summed E-state index contributed by atoms with van der Waals surface area (Å²) in [5, 5.41) is 21.3. The highest BCUT2D eigenvalue weighted by molar-refractivity contribution is 5.91. The van der Waals surface area contributed by atoms with Gasteiger partial charge in [-0.25, -0.2) is 4.79 Å². The zero-order valence-electron chi connectivity index (χ0n) is 8.97. The number of carboxylic acid groups (broad SMARTS) is 1. The topological polar surface area (TPSA) is 85.4 Å². The molecule has 0 unspecified atom stereocenters. The number of aromatic nitrogens is 1. The van der Waals surface area contributed by atoms with E-state index < -0.39 is 5.97 Å². The lowest BCUT2D eigenvalue weighted by Gasteiger charge is -2.07. The highest BCUT2D eigenvalue weighted by atomic mass is 16.4. The van der Waals surface area contributed by atoms with Crippen LogP contribution in [0.1, 0.15) is 16.1 Å². The number of rotatable bonds is 4. The average Bonchev–Trinajstić information content (AvgIpc) is 2.80. The first kappa shape index (κ1) is 11.1. The summed E-state index contributed by atoms with van der Waals surface area (Å²) in [5.74, 6) is -1.38. The van der Waals surface area contributed by atoms with Crippen LogP contribution in [0.4, 0.5) is 5.69 Å². The molecule has 1 aromatic heterocycles. The maximum atomic E-state index is 10.8. The average molecular weight is 232 g/mol. The molecule has 4 N–H and O–H groups in total. The molecule has 2 aromatic rings. The van der Waals surface area contributed by atoms with Crippen LogP contribution in [0.25, 0.3) is 0 Å². The lowest BCUT2D eigenvalue weighted by molar-refractivity contribution is 0.0694. The van der Waals surface area contributed by atoms with Gasteiger partial charge in [0.15, 0.2) is 0 Å². The standard InChI is InChI=1S/C12H12N2O3/c15-11-4-3-8(6-10(11)12(16)17)14-7-9-2-1-5-13-9/h1-6,13-15H,7H2,(H,16,17). The summed E-state index contributed by atoms with van der Waals surface area (Å²) in [5.41, 5.74) is 1.53. The Bertz CT molecular complexity index is 521. The van der Waals surface area contributed by atoms with Gasteiger partial charge in [-0.05, 0) is 30.3 Å². The van der Waals surface area contributed by atoms with Crippen LogP contribution in [0.5, 0.6) is 5.75 Å². The molecule has 88 valence electrons. The molecule has 0 spiro atoms. The lowest BCUT2D eigenvalue weighted by atomic mass is 10.2. The molecule has 17 heavy (non-hydrogen) atoms. The molecule has 0 saturated heterocycles. The number of carboxylic acids is 1. The summed E-state index contributed by atoms with van der Waals surface area (Å²) in [7, 11) is 0. The van der Waals surface area contributed by atoms with Gasteiger partial charge in [0.1, 0.15) is 11.3 Å². The highest BCUT2D eigenvalue weighted by Crippen LogP contribution is 2.21. The third kappa shape index (κ3) is 2.57. The molecule has 1 aromatic carbocycles. The van der Waals surface area contributed by atoms with E-state index in [2.05, 4.69) is 10.3 Å². The molecule has 5 nitrogen and oxygen atoms in total. The van der Waals surface area contributed by atoms with Crippen molar-refractivity contribution in [3.8, 4) is 5.75 Å². The van der Waals surface area contributed by atoms with Crippen LogP contribution in [0, 0.1) is 0 Å². The second kappa shape index (κ2) is 4.61. The van der Waals surface area contributed by atoms with E-state index in [1.807, 2.05) is 18.3 Å². The van der Waals surface area contributed by atoms with Crippen LogP contribution < -0.4 is 5.32 Å². The van der Waals surface area contributed by atoms with Crippen LogP contribution in [0.15, 0.2) is 36.5 Å². The second-order valence-electron chi connectivity index (χ2n) is 3.59. The van der Waals surface area contributed by atoms with Crippen molar-refractivity contribution in [3.63, 3.8) is 0 Å². The number of H-pyrrole nitrogens is 1. The molecule has 2 rings (SSSR count). The fourth-order valence-corrected chi connectivity index (χ4v) is 1.49. The SMILES string of the molecule is O=C(O)c1cc(NCc2ccc[nH]2)ccc1O. The van der Waals surface area contributed by atoms with E-state index in [1.54, 1.807) is 6.07 Å². The molecule has 0 amide bonds. The number of aromatic amines is 1. The maximum Gasteiger partial charge on any atom is 0.339 e. The molecule has 0 saturated carbocycles. The fourth-order valence-electron chi connectivity index (χ4n) is 1.49. The Morgan fingerprint density at radius 1 is 1.35 bits per heavy atom. The molecule has 0 fully saturated rings. The van der Waals surface area contributed by atoms with E-state index in [4.69, 9.17) is 5.11 Å². The zero-order valence-corrected chi connectivity index (χ0v) is 8.97. The van der Waals surface area contributed by atoms with Crippen molar-refractivity contribution in [2.24, 2.45) is 0 Å². The largest absolute Gasteiger partial charge is 0.507 e. The van der Waals surface area contributed by atoms with E-state index >= 15 is 0 Å². The predicted molar refractivity (Wildman–Crippen MR) is 63.2 cm³/mol. The summed E-state index contributed by atoms with van der Waals surface area (Å²) in [4.78, 5) is 13.8. The zero-order chi connectivity index (χ0) is 12.3. The molecular formula is C12H12N2O3. The molecule has 0 aliphatic heterocycles. The number of benzene rings is 1. The third-order valence-corrected chi connectivity index (χ3v) is 2.37. The van der Waals surface area contributed by atoms with Crippen LogP contribution in [-0.2, 0) is 6.54 Å². The van der Waals surface area contributed by atoms with Crippen molar-refractivity contribution in [1.29, 1.82) is 0 Å². The normalized spacial score (nSPS) is 10.1. The van der Waals surface area contributed by atoms with Crippen molar-refractivity contribution in [3.05, 3.63) is 47.8 Å². The van der Waals surface area contributed by atoms with Crippen LogP contribution in [0.3, 0.4) is 0 Å². The van der Waals surface area contributed by atoms with E-state index in [0.717, 1.165) is 5.69 Å². The van der Waals surface area contributed by atoms with Gasteiger partial charge < -0.3 is 20.5 Å². The van der Waals surface area contributed by atoms with Gasteiger partial charge in [0.2, 0.25) is 0 Å². The Balaban J connectivity index is 2.11. The van der Waals surface area contributed by atoms with E-state index in [0.29, 0.717) is 12.2 Å². The van der Waals surface area contributed by atoms with Gasteiger partial charge in [0.25, 0.3) is 0 Å². The second-order valence-corrected chi connectivity index (χ2v) is 3.59. The Morgan fingerprint density at radius 2 is 2.18 bits per heavy atom. The molecule has 0 atom stereocenters. The third-order valence-electron chi connectivity index (χ3n) is 2.37. The summed E-state index contributed by atoms with van der Waals surface area (Å²) < 4.78 is 0. The van der Waals surface area contributed by atoms with Gasteiger partial charge in [-0.3, -0.25) is 0 Å². The van der Waals surface area contributed by atoms with Crippen molar-refractivity contribution in [1.82, 2.24) is 4.98 Å². The summed E-state index contributed by atoms with van der Waals surface area (Å²) >= 11 is 0. The number of aromatic hydroxyl groups is 1. The summed E-state index contributed by atoms with van der Waals surface area (Å²) in [6, 6.07) is 8.20. The first-order valence-corrected chi connectivity index (χ1v) is 5.09. The number of hydrogen-bond donors (Lipinski definition) is 4. The number of carbonyl (C=O) groups is 1. The monoisotopic (exact) mass is 232 g/mol. The fraction of sp³-hybridized carbons (Fsp3) is 0.0833. The van der Waals surface area contributed by atoms with Crippen LogP contribution >= 0.6 is 0 Å². The van der Waals surface area contributed by atoms with Crippen LogP contribution in [-0.4, -0.2) is 21.2 Å². The molecule has 0 radical (unpaired) electrons. The smallest absolute Gasteiger partial charge is 0.339 e. The molecule has 1 heterocycles. The van der Waals surface area contributed by atoms with Gasteiger partial charge in [0, 0.05) is 17.6 Å².